The molecule has 2 heterocycles. The molecule has 0 amide bonds. The van der Waals surface area contributed by atoms with E-state index in [-0.39, 0.29) is 0 Å². The molecule has 102 valence electrons. The summed E-state index contributed by atoms with van der Waals surface area (Å²) >= 11 is 5.21. The van der Waals surface area contributed by atoms with Crippen LogP contribution in [0, 0.1) is 6.92 Å². The second-order valence-electron chi connectivity index (χ2n) is 4.50. The maximum atomic E-state index is 4.55. The third kappa shape index (κ3) is 2.94. The maximum absolute atomic E-state index is 4.55. The average Bonchev–Trinajstić information content (AvgIpc) is 3.03. The van der Waals surface area contributed by atoms with Crippen LogP contribution in [0.3, 0.4) is 0 Å². The average molecular weight is 348 g/mol. The van der Waals surface area contributed by atoms with Crippen molar-refractivity contribution in [3.05, 3.63) is 63.0 Å². The van der Waals surface area contributed by atoms with Crippen molar-refractivity contribution in [1.82, 2.24) is 9.55 Å². The Bertz CT molecular complexity index is 703. The number of aryl methyl sites for hydroxylation is 1. The molecule has 0 aliphatic carbocycles. The van der Waals surface area contributed by atoms with E-state index in [4.69, 9.17) is 0 Å². The van der Waals surface area contributed by atoms with Gasteiger partial charge in [-0.25, -0.2) is 4.98 Å². The topological polar surface area (TPSA) is 29.9 Å². The summed E-state index contributed by atoms with van der Waals surface area (Å²) in [5, 5.41) is 5.49. The molecule has 0 atom stereocenters. The van der Waals surface area contributed by atoms with E-state index < -0.39 is 0 Å². The van der Waals surface area contributed by atoms with Crippen LogP contribution >= 0.6 is 27.3 Å². The highest BCUT2D eigenvalue weighted by atomic mass is 79.9. The van der Waals surface area contributed by atoms with Gasteiger partial charge in [0.2, 0.25) is 5.95 Å². The first-order valence-electron chi connectivity index (χ1n) is 6.30. The number of hydrogen-bond donors (Lipinski definition) is 1. The number of imidazole rings is 1. The van der Waals surface area contributed by atoms with E-state index in [1.165, 1.54) is 4.88 Å². The summed E-state index contributed by atoms with van der Waals surface area (Å²) in [6.45, 7) is 2.78. The fraction of sp³-hybridized carbons (Fsp3) is 0.133. The second-order valence-corrected chi connectivity index (χ2v) is 6.41. The van der Waals surface area contributed by atoms with Crippen LogP contribution in [0.2, 0.25) is 0 Å². The SMILES string of the molecule is Cc1cn(-c2ccccc2)c(NCc2cc(Br)cs2)n1. The van der Waals surface area contributed by atoms with Gasteiger partial charge in [0.05, 0.1) is 12.2 Å². The Hall–Kier alpha value is -1.59. The molecule has 20 heavy (non-hydrogen) atoms. The van der Waals surface area contributed by atoms with Gasteiger partial charge in [-0.1, -0.05) is 18.2 Å². The summed E-state index contributed by atoms with van der Waals surface area (Å²) in [4.78, 5) is 5.83. The fourth-order valence-electron chi connectivity index (χ4n) is 2.02. The zero-order chi connectivity index (χ0) is 13.9. The van der Waals surface area contributed by atoms with Crippen LogP contribution < -0.4 is 5.32 Å². The molecule has 1 aromatic carbocycles. The quantitative estimate of drug-likeness (QED) is 0.746. The van der Waals surface area contributed by atoms with E-state index in [1.54, 1.807) is 11.3 Å². The van der Waals surface area contributed by atoms with Crippen LogP contribution in [-0.2, 0) is 6.54 Å². The van der Waals surface area contributed by atoms with E-state index in [1.807, 2.05) is 31.3 Å². The van der Waals surface area contributed by atoms with Crippen molar-refractivity contribution in [2.75, 3.05) is 5.32 Å². The number of thiophene rings is 1. The standard InChI is InChI=1S/C15H14BrN3S/c1-11-9-19(13-5-3-2-4-6-13)15(18-11)17-8-14-7-12(16)10-20-14/h2-7,9-10H,8H2,1H3,(H,17,18). The van der Waals surface area contributed by atoms with Gasteiger partial charge < -0.3 is 5.32 Å². The molecule has 3 nitrogen and oxygen atoms in total. The Morgan fingerprint density at radius 3 is 2.80 bits per heavy atom. The molecule has 0 unspecified atom stereocenters. The summed E-state index contributed by atoms with van der Waals surface area (Å²) in [6.07, 6.45) is 2.04. The van der Waals surface area contributed by atoms with Crippen LogP contribution in [0.25, 0.3) is 5.69 Å². The first-order chi connectivity index (χ1) is 9.72. The van der Waals surface area contributed by atoms with Gasteiger partial charge in [0.15, 0.2) is 0 Å². The number of nitrogens with one attached hydrogen (secondary N) is 1. The molecule has 0 saturated heterocycles. The van der Waals surface area contributed by atoms with E-state index in [2.05, 4.69) is 54.4 Å². The highest BCUT2D eigenvalue weighted by Gasteiger charge is 2.07. The number of aromatic nitrogens is 2. The molecule has 0 fully saturated rings. The number of rotatable bonds is 4. The zero-order valence-corrected chi connectivity index (χ0v) is 13.4. The van der Waals surface area contributed by atoms with E-state index in [9.17, 15) is 0 Å². The molecule has 0 radical (unpaired) electrons. The molecule has 2 aromatic heterocycles. The Balaban J connectivity index is 1.83. The van der Waals surface area contributed by atoms with Gasteiger partial charge in [-0.3, -0.25) is 4.57 Å². The second kappa shape index (κ2) is 5.81. The van der Waals surface area contributed by atoms with Crippen molar-refractivity contribution < 1.29 is 0 Å². The van der Waals surface area contributed by atoms with Crippen molar-refractivity contribution in [2.45, 2.75) is 13.5 Å². The van der Waals surface area contributed by atoms with Crippen LogP contribution in [0.4, 0.5) is 5.95 Å². The van der Waals surface area contributed by atoms with Gasteiger partial charge in [-0.15, -0.1) is 11.3 Å². The van der Waals surface area contributed by atoms with Crippen LogP contribution in [-0.4, -0.2) is 9.55 Å². The zero-order valence-electron chi connectivity index (χ0n) is 11.0. The normalized spacial score (nSPS) is 10.7. The lowest BCUT2D eigenvalue weighted by Gasteiger charge is -2.08. The molecular formula is C15H14BrN3S. The maximum Gasteiger partial charge on any atom is 0.208 e. The summed E-state index contributed by atoms with van der Waals surface area (Å²) in [5.74, 6) is 0.873. The van der Waals surface area contributed by atoms with Gasteiger partial charge in [0.1, 0.15) is 0 Å². The molecule has 0 saturated carbocycles. The fourth-order valence-corrected chi connectivity index (χ4v) is 3.41. The van der Waals surface area contributed by atoms with Crippen LogP contribution in [0.15, 0.2) is 52.4 Å². The smallest absolute Gasteiger partial charge is 0.208 e. The van der Waals surface area contributed by atoms with Gasteiger partial charge in [-0.05, 0) is 41.1 Å². The van der Waals surface area contributed by atoms with Gasteiger partial charge >= 0.3 is 0 Å². The molecule has 5 heteroatoms. The first kappa shape index (κ1) is 13.4. The number of para-hydroxylation sites is 1. The highest BCUT2D eigenvalue weighted by Crippen LogP contribution is 2.22. The van der Waals surface area contributed by atoms with Crippen molar-refractivity contribution in [2.24, 2.45) is 0 Å². The minimum absolute atomic E-state index is 0.777. The minimum atomic E-state index is 0.777. The lowest BCUT2D eigenvalue weighted by Crippen LogP contribution is -2.05. The number of hydrogen-bond acceptors (Lipinski definition) is 3. The van der Waals surface area contributed by atoms with E-state index >= 15 is 0 Å². The number of halogens is 1. The molecule has 0 aliphatic heterocycles. The summed E-state index contributed by atoms with van der Waals surface area (Å²) in [7, 11) is 0. The minimum Gasteiger partial charge on any atom is -0.350 e. The van der Waals surface area contributed by atoms with Gasteiger partial charge in [0, 0.05) is 26.6 Å². The van der Waals surface area contributed by atoms with Gasteiger partial charge in [-0.2, -0.15) is 0 Å². The summed E-state index contributed by atoms with van der Waals surface area (Å²) in [5.41, 5.74) is 2.12. The number of benzene rings is 1. The predicted molar refractivity (Wildman–Crippen MR) is 87.6 cm³/mol. The molecule has 0 aliphatic rings. The number of anilines is 1. The molecular weight excluding hydrogens is 334 g/mol. The van der Waals surface area contributed by atoms with E-state index in [0.717, 1.165) is 28.3 Å². The Labute approximate surface area is 130 Å². The molecule has 3 rings (SSSR count). The van der Waals surface area contributed by atoms with Crippen molar-refractivity contribution >= 4 is 33.2 Å². The van der Waals surface area contributed by atoms with Crippen molar-refractivity contribution in [1.29, 1.82) is 0 Å². The molecule has 1 N–H and O–H groups in total. The highest BCUT2D eigenvalue weighted by molar-refractivity contribution is 9.10. The Morgan fingerprint density at radius 1 is 1.30 bits per heavy atom. The molecule has 0 bridgehead atoms. The third-order valence-corrected chi connectivity index (χ3v) is 4.60. The molecule has 0 spiro atoms. The summed E-state index contributed by atoms with van der Waals surface area (Å²) in [6, 6.07) is 12.4. The molecule has 3 aromatic rings. The van der Waals surface area contributed by atoms with Crippen molar-refractivity contribution in [3.8, 4) is 5.69 Å². The van der Waals surface area contributed by atoms with Crippen molar-refractivity contribution in [3.63, 3.8) is 0 Å². The Kier molecular flexibility index (Phi) is 3.89. The lowest BCUT2D eigenvalue weighted by atomic mass is 10.3. The van der Waals surface area contributed by atoms with Crippen LogP contribution in [0.1, 0.15) is 10.6 Å². The first-order valence-corrected chi connectivity index (χ1v) is 7.98. The monoisotopic (exact) mass is 347 g/mol. The number of nitrogens with zero attached hydrogens (tertiary/aromatic N) is 2. The van der Waals surface area contributed by atoms with Crippen LogP contribution in [0.5, 0.6) is 0 Å². The van der Waals surface area contributed by atoms with E-state index in [0.29, 0.717) is 0 Å². The Morgan fingerprint density at radius 2 is 2.10 bits per heavy atom. The summed E-state index contributed by atoms with van der Waals surface area (Å²) < 4.78 is 3.21. The predicted octanol–water partition coefficient (Wildman–Crippen LogP) is 4.62. The van der Waals surface area contributed by atoms with Gasteiger partial charge in [0.25, 0.3) is 0 Å². The third-order valence-electron chi connectivity index (χ3n) is 2.90. The largest absolute Gasteiger partial charge is 0.350 e. The lowest BCUT2D eigenvalue weighted by molar-refractivity contribution is 1.01.